The number of thiophene rings is 1. The van der Waals surface area contributed by atoms with Crippen molar-refractivity contribution < 1.29 is 4.79 Å². The van der Waals surface area contributed by atoms with Crippen molar-refractivity contribution in [2.45, 2.75) is 26.2 Å². The van der Waals surface area contributed by atoms with E-state index in [0.29, 0.717) is 6.42 Å². The van der Waals surface area contributed by atoms with E-state index in [9.17, 15) is 4.79 Å². The molecule has 1 atom stereocenters. The summed E-state index contributed by atoms with van der Waals surface area (Å²) in [6.07, 6.45) is 0.457. The predicted octanol–water partition coefficient (Wildman–Crippen LogP) is 4.63. The van der Waals surface area contributed by atoms with Gasteiger partial charge in [0.2, 0.25) is 11.0 Å². The Morgan fingerprint density at radius 3 is 2.96 bits per heavy atom. The molecule has 0 aliphatic carbocycles. The lowest BCUT2D eigenvalue weighted by Crippen LogP contribution is -2.24. The van der Waals surface area contributed by atoms with Crippen molar-refractivity contribution in [3.05, 3.63) is 57.4 Å². The number of hydrogen-bond donors (Lipinski definition) is 1. The summed E-state index contributed by atoms with van der Waals surface area (Å²) in [7, 11) is 0. The molecule has 7 heteroatoms. The summed E-state index contributed by atoms with van der Waals surface area (Å²) in [5, 5.41) is 10.6. The minimum Gasteiger partial charge on any atom is -0.310 e. The number of anilines is 1. The van der Waals surface area contributed by atoms with Gasteiger partial charge in [0.1, 0.15) is 5.82 Å². The second-order valence-electron chi connectivity index (χ2n) is 6.55. The molecule has 4 heterocycles. The monoisotopic (exact) mass is 380 g/mol. The number of carbonyl (C=O) groups is 1. The first kappa shape index (κ1) is 15.7. The van der Waals surface area contributed by atoms with Gasteiger partial charge in [-0.25, -0.2) is 4.98 Å². The van der Waals surface area contributed by atoms with Crippen molar-refractivity contribution in [3.8, 4) is 5.13 Å². The van der Waals surface area contributed by atoms with Crippen molar-refractivity contribution in [2.24, 2.45) is 0 Å². The minimum absolute atomic E-state index is 0.0222. The SMILES string of the molecule is Cc1ccc2nc(-n3nc(C)c4c3NC(=O)CC4c3cccs3)sc2c1. The van der Waals surface area contributed by atoms with E-state index in [1.807, 2.05) is 19.1 Å². The van der Waals surface area contributed by atoms with Crippen molar-refractivity contribution in [3.63, 3.8) is 0 Å². The molecule has 26 heavy (non-hydrogen) atoms. The number of carbonyl (C=O) groups excluding carboxylic acids is 1. The van der Waals surface area contributed by atoms with Crippen LogP contribution in [0.2, 0.25) is 0 Å². The molecule has 130 valence electrons. The fourth-order valence-corrected chi connectivity index (χ4v) is 5.39. The molecule has 1 amide bonds. The maximum atomic E-state index is 12.4. The predicted molar refractivity (Wildman–Crippen MR) is 106 cm³/mol. The summed E-state index contributed by atoms with van der Waals surface area (Å²) in [6.45, 7) is 4.08. The number of hydrogen-bond acceptors (Lipinski definition) is 5. The Labute approximate surface area is 158 Å². The molecule has 5 rings (SSSR count). The van der Waals surface area contributed by atoms with E-state index in [4.69, 9.17) is 10.1 Å². The van der Waals surface area contributed by atoms with Crippen LogP contribution in [0.5, 0.6) is 0 Å². The number of rotatable bonds is 2. The Morgan fingerprint density at radius 1 is 1.27 bits per heavy atom. The molecule has 4 aromatic rings. The maximum Gasteiger partial charge on any atom is 0.226 e. The van der Waals surface area contributed by atoms with Crippen LogP contribution in [0.3, 0.4) is 0 Å². The number of fused-ring (bicyclic) bond motifs is 2. The van der Waals surface area contributed by atoms with Gasteiger partial charge in [0, 0.05) is 22.8 Å². The highest BCUT2D eigenvalue weighted by atomic mass is 32.1. The average Bonchev–Trinajstić information content (AvgIpc) is 3.32. The van der Waals surface area contributed by atoms with E-state index < -0.39 is 0 Å². The van der Waals surface area contributed by atoms with Gasteiger partial charge >= 0.3 is 0 Å². The van der Waals surface area contributed by atoms with E-state index in [-0.39, 0.29) is 11.8 Å². The molecular weight excluding hydrogens is 364 g/mol. The summed E-state index contributed by atoms with van der Waals surface area (Å²) >= 11 is 3.28. The lowest BCUT2D eigenvalue weighted by molar-refractivity contribution is -0.116. The van der Waals surface area contributed by atoms with Crippen LogP contribution in [-0.4, -0.2) is 20.7 Å². The third kappa shape index (κ3) is 2.39. The Balaban J connectivity index is 1.69. The molecule has 0 saturated heterocycles. The highest BCUT2D eigenvalue weighted by Gasteiger charge is 2.33. The first-order valence-corrected chi connectivity index (χ1v) is 10.1. The lowest BCUT2D eigenvalue weighted by Gasteiger charge is -2.22. The summed E-state index contributed by atoms with van der Waals surface area (Å²) in [5.74, 6) is 0.839. The number of nitrogens with one attached hydrogen (secondary N) is 1. The Kier molecular flexibility index (Phi) is 3.48. The number of aryl methyl sites for hydroxylation is 2. The van der Waals surface area contributed by atoms with Gasteiger partial charge in [-0.3, -0.25) is 4.79 Å². The third-order valence-corrected chi connectivity index (χ3v) is 6.68. The number of benzene rings is 1. The van der Waals surface area contributed by atoms with E-state index in [0.717, 1.165) is 32.4 Å². The van der Waals surface area contributed by atoms with Crippen LogP contribution in [0.25, 0.3) is 15.3 Å². The summed E-state index contributed by atoms with van der Waals surface area (Å²) in [5.41, 5.74) is 4.20. The molecule has 0 saturated carbocycles. The number of nitrogens with zero attached hydrogens (tertiary/aromatic N) is 3. The van der Waals surface area contributed by atoms with Crippen LogP contribution in [0.4, 0.5) is 5.82 Å². The van der Waals surface area contributed by atoms with E-state index >= 15 is 0 Å². The van der Waals surface area contributed by atoms with E-state index in [1.54, 1.807) is 27.4 Å². The topological polar surface area (TPSA) is 59.8 Å². The number of amides is 1. The minimum atomic E-state index is 0.0222. The summed E-state index contributed by atoms with van der Waals surface area (Å²) in [4.78, 5) is 18.3. The van der Waals surface area contributed by atoms with Crippen LogP contribution in [-0.2, 0) is 4.79 Å². The zero-order valence-electron chi connectivity index (χ0n) is 14.3. The molecule has 0 radical (unpaired) electrons. The van der Waals surface area contributed by atoms with Gasteiger partial charge in [-0.2, -0.15) is 9.78 Å². The van der Waals surface area contributed by atoms with Crippen molar-refractivity contribution in [1.82, 2.24) is 14.8 Å². The molecule has 0 bridgehead atoms. The van der Waals surface area contributed by atoms with Crippen LogP contribution >= 0.6 is 22.7 Å². The van der Waals surface area contributed by atoms with Crippen LogP contribution in [0, 0.1) is 13.8 Å². The molecule has 1 N–H and O–H groups in total. The molecule has 1 aromatic carbocycles. The smallest absolute Gasteiger partial charge is 0.226 e. The molecule has 3 aromatic heterocycles. The Hall–Kier alpha value is -2.51. The molecule has 1 aliphatic heterocycles. The fourth-order valence-electron chi connectivity index (χ4n) is 3.53. The lowest BCUT2D eigenvalue weighted by atomic mass is 9.91. The molecule has 1 aliphatic rings. The van der Waals surface area contributed by atoms with Crippen LogP contribution < -0.4 is 5.32 Å². The van der Waals surface area contributed by atoms with Crippen LogP contribution in [0.1, 0.15) is 34.0 Å². The molecule has 0 fully saturated rings. The van der Waals surface area contributed by atoms with Crippen LogP contribution in [0.15, 0.2) is 35.7 Å². The molecule has 1 unspecified atom stereocenters. The second-order valence-corrected chi connectivity index (χ2v) is 8.54. The van der Waals surface area contributed by atoms with Gasteiger partial charge in [0.15, 0.2) is 0 Å². The molecule has 5 nitrogen and oxygen atoms in total. The normalized spacial score (nSPS) is 16.7. The Bertz CT molecular complexity index is 1140. The standard InChI is InChI=1S/C19H16N4OS2/c1-10-5-6-13-15(8-10)26-19(20-13)23-18-17(11(2)22-23)12(9-16(24)21-18)14-4-3-7-25-14/h3-8,12H,9H2,1-2H3,(H,21,24). The van der Waals surface area contributed by atoms with Gasteiger partial charge in [-0.05, 0) is 43.0 Å². The number of aromatic nitrogens is 3. The van der Waals surface area contributed by atoms with E-state index in [1.165, 1.54) is 10.4 Å². The first-order chi connectivity index (χ1) is 12.6. The summed E-state index contributed by atoms with van der Waals surface area (Å²) < 4.78 is 2.92. The average molecular weight is 380 g/mol. The quantitative estimate of drug-likeness (QED) is 0.551. The van der Waals surface area contributed by atoms with Gasteiger partial charge in [0.05, 0.1) is 15.9 Å². The Morgan fingerprint density at radius 2 is 2.15 bits per heavy atom. The molecular formula is C19H16N4OS2. The first-order valence-electron chi connectivity index (χ1n) is 8.40. The zero-order chi connectivity index (χ0) is 17.8. The summed E-state index contributed by atoms with van der Waals surface area (Å²) in [6, 6.07) is 10.3. The second kappa shape index (κ2) is 5.75. The van der Waals surface area contributed by atoms with Gasteiger partial charge in [-0.1, -0.05) is 23.5 Å². The van der Waals surface area contributed by atoms with Crippen molar-refractivity contribution in [2.75, 3.05) is 5.32 Å². The fraction of sp³-hybridized carbons (Fsp3) is 0.211. The van der Waals surface area contributed by atoms with Gasteiger partial charge in [-0.15, -0.1) is 11.3 Å². The van der Waals surface area contributed by atoms with E-state index in [2.05, 4.69) is 35.8 Å². The number of thiazole rings is 1. The maximum absolute atomic E-state index is 12.4. The molecule has 0 spiro atoms. The van der Waals surface area contributed by atoms with Gasteiger partial charge < -0.3 is 5.32 Å². The largest absolute Gasteiger partial charge is 0.310 e. The highest BCUT2D eigenvalue weighted by Crippen LogP contribution is 2.42. The highest BCUT2D eigenvalue weighted by molar-refractivity contribution is 7.20. The zero-order valence-corrected chi connectivity index (χ0v) is 15.9. The van der Waals surface area contributed by atoms with Crippen molar-refractivity contribution >= 4 is 44.6 Å². The third-order valence-electron chi connectivity index (χ3n) is 4.70. The van der Waals surface area contributed by atoms with Gasteiger partial charge in [0.25, 0.3) is 0 Å². The van der Waals surface area contributed by atoms with Crippen molar-refractivity contribution in [1.29, 1.82) is 0 Å².